The van der Waals surface area contributed by atoms with Crippen LogP contribution in [0.3, 0.4) is 0 Å². The van der Waals surface area contributed by atoms with Gasteiger partial charge in [-0.25, -0.2) is 0 Å². The highest BCUT2D eigenvalue weighted by molar-refractivity contribution is 7.11. The molecule has 0 amide bonds. The predicted octanol–water partition coefficient (Wildman–Crippen LogP) is 5.04. The van der Waals surface area contributed by atoms with Gasteiger partial charge in [0.25, 0.3) is 5.19 Å². The second-order valence-electron chi connectivity index (χ2n) is 4.51. The van der Waals surface area contributed by atoms with Crippen molar-refractivity contribution in [2.45, 2.75) is 13.8 Å². The van der Waals surface area contributed by atoms with E-state index in [9.17, 15) is 0 Å². The first-order valence-electron chi connectivity index (χ1n) is 6.61. The lowest BCUT2D eigenvalue weighted by Crippen LogP contribution is -1.93. The predicted molar refractivity (Wildman–Crippen MR) is 92.6 cm³/mol. The minimum atomic E-state index is 0.464. The number of benzene rings is 1. The Morgan fingerprint density at radius 2 is 2.18 bits per heavy atom. The van der Waals surface area contributed by atoms with Gasteiger partial charge in [0.2, 0.25) is 0 Å². The Morgan fingerprint density at radius 3 is 2.82 bits per heavy atom. The van der Waals surface area contributed by atoms with E-state index in [4.69, 9.17) is 26.8 Å². The number of halogens is 1. The second-order valence-corrected chi connectivity index (χ2v) is 5.74. The van der Waals surface area contributed by atoms with Crippen molar-refractivity contribution < 1.29 is 9.47 Å². The van der Waals surface area contributed by atoms with Crippen molar-refractivity contribution in [3.8, 4) is 10.9 Å². The van der Waals surface area contributed by atoms with E-state index in [0.29, 0.717) is 33.1 Å². The van der Waals surface area contributed by atoms with E-state index in [1.807, 2.05) is 43.5 Å². The minimum absolute atomic E-state index is 0.464. The molecule has 0 saturated heterocycles. The number of nitrogens with two attached hydrogens (primary N) is 1. The SMILES string of the molecule is C/C=C\C=C(\OC)c1csc(Oc2c(C)cc(N)cc2Cl)n1. The van der Waals surface area contributed by atoms with Crippen LogP contribution >= 0.6 is 22.9 Å². The van der Waals surface area contributed by atoms with Crippen LogP contribution in [0.4, 0.5) is 5.69 Å². The number of ether oxygens (including phenoxy) is 2. The Labute approximate surface area is 138 Å². The van der Waals surface area contributed by atoms with Gasteiger partial charge < -0.3 is 15.2 Å². The lowest BCUT2D eigenvalue weighted by atomic mass is 10.2. The molecule has 0 saturated carbocycles. The van der Waals surface area contributed by atoms with Crippen LogP contribution in [0.2, 0.25) is 5.02 Å². The molecule has 0 aliphatic rings. The number of anilines is 1. The third-order valence-electron chi connectivity index (χ3n) is 2.84. The highest BCUT2D eigenvalue weighted by atomic mass is 35.5. The zero-order valence-electron chi connectivity index (χ0n) is 12.6. The van der Waals surface area contributed by atoms with Gasteiger partial charge in [0.1, 0.15) is 11.5 Å². The van der Waals surface area contributed by atoms with Gasteiger partial charge in [0.05, 0.1) is 12.1 Å². The summed E-state index contributed by atoms with van der Waals surface area (Å²) in [6.45, 7) is 3.82. The van der Waals surface area contributed by atoms with Crippen LogP contribution in [-0.4, -0.2) is 12.1 Å². The number of thiazole rings is 1. The molecule has 0 aliphatic carbocycles. The summed E-state index contributed by atoms with van der Waals surface area (Å²) in [6, 6.07) is 3.47. The van der Waals surface area contributed by atoms with E-state index < -0.39 is 0 Å². The number of aromatic nitrogens is 1. The summed E-state index contributed by atoms with van der Waals surface area (Å²) in [4.78, 5) is 4.41. The van der Waals surface area contributed by atoms with Gasteiger partial charge in [0.15, 0.2) is 5.75 Å². The third kappa shape index (κ3) is 3.81. The van der Waals surface area contributed by atoms with Crippen LogP contribution in [0.25, 0.3) is 5.76 Å². The molecule has 22 heavy (non-hydrogen) atoms. The van der Waals surface area contributed by atoms with Gasteiger partial charge in [-0.2, -0.15) is 4.98 Å². The molecule has 0 bridgehead atoms. The third-order valence-corrected chi connectivity index (χ3v) is 3.83. The number of aryl methyl sites for hydroxylation is 1. The molecule has 1 aromatic heterocycles. The fraction of sp³-hybridized carbons (Fsp3) is 0.188. The van der Waals surface area contributed by atoms with Crippen molar-refractivity contribution in [3.63, 3.8) is 0 Å². The number of hydrogen-bond acceptors (Lipinski definition) is 5. The van der Waals surface area contributed by atoms with Crippen LogP contribution in [0.15, 0.2) is 35.7 Å². The first-order chi connectivity index (χ1) is 10.5. The Hall–Kier alpha value is -1.98. The minimum Gasteiger partial charge on any atom is -0.494 e. The maximum absolute atomic E-state index is 6.18. The number of methoxy groups -OCH3 is 1. The largest absolute Gasteiger partial charge is 0.494 e. The molecular weight excluding hydrogens is 320 g/mol. The zero-order valence-corrected chi connectivity index (χ0v) is 14.2. The van der Waals surface area contributed by atoms with Gasteiger partial charge in [-0.05, 0) is 37.6 Å². The number of nitrogen functional groups attached to an aromatic ring is 1. The van der Waals surface area contributed by atoms with Crippen LogP contribution in [-0.2, 0) is 4.74 Å². The van der Waals surface area contributed by atoms with Crippen LogP contribution in [0.5, 0.6) is 10.9 Å². The molecule has 2 rings (SSSR count). The van der Waals surface area contributed by atoms with Crippen molar-refractivity contribution >= 4 is 34.4 Å². The van der Waals surface area contributed by atoms with E-state index in [0.717, 1.165) is 5.56 Å². The second kappa shape index (κ2) is 7.33. The average Bonchev–Trinajstić information content (AvgIpc) is 2.92. The number of rotatable bonds is 5. The monoisotopic (exact) mass is 336 g/mol. The fourth-order valence-corrected chi connectivity index (χ4v) is 2.81. The normalized spacial score (nSPS) is 11.9. The molecule has 6 heteroatoms. The van der Waals surface area contributed by atoms with Crippen molar-refractivity contribution in [2.75, 3.05) is 12.8 Å². The summed E-state index contributed by atoms with van der Waals surface area (Å²) in [5.74, 6) is 1.23. The number of hydrogen-bond donors (Lipinski definition) is 1. The Bertz CT molecular complexity index is 700. The fourth-order valence-electron chi connectivity index (χ4n) is 1.83. The standard InChI is InChI=1S/C16H17ClN2O2S/c1-4-5-6-14(20-3)13-9-22-16(19-13)21-15-10(2)7-11(18)8-12(15)17/h4-9H,18H2,1-3H3/b5-4-,14-6+. The summed E-state index contributed by atoms with van der Waals surface area (Å²) in [6.07, 6.45) is 5.65. The Kier molecular flexibility index (Phi) is 5.46. The Morgan fingerprint density at radius 1 is 1.41 bits per heavy atom. The van der Waals surface area contributed by atoms with Gasteiger partial charge in [-0.15, -0.1) is 0 Å². The van der Waals surface area contributed by atoms with Gasteiger partial charge >= 0.3 is 0 Å². The first kappa shape index (κ1) is 16.4. The zero-order chi connectivity index (χ0) is 16.1. The lowest BCUT2D eigenvalue weighted by Gasteiger charge is -2.09. The van der Waals surface area contributed by atoms with Crippen molar-refractivity contribution in [3.05, 3.63) is 52.0 Å². The number of allylic oxidation sites excluding steroid dienone is 3. The highest BCUT2D eigenvalue weighted by Crippen LogP contribution is 2.36. The van der Waals surface area contributed by atoms with Crippen LogP contribution in [0.1, 0.15) is 18.2 Å². The van der Waals surface area contributed by atoms with E-state index in [1.54, 1.807) is 13.2 Å². The van der Waals surface area contributed by atoms with E-state index in [-0.39, 0.29) is 0 Å². The van der Waals surface area contributed by atoms with E-state index in [1.165, 1.54) is 11.3 Å². The quantitative estimate of drug-likeness (QED) is 0.472. The molecular formula is C16H17ClN2O2S. The molecule has 0 atom stereocenters. The average molecular weight is 337 g/mol. The Balaban J connectivity index is 2.26. The van der Waals surface area contributed by atoms with Crippen molar-refractivity contribution in [2.24, 2.45) is 0 Å². The van der Waals surface area contributed by atoms with Gasteiger partial charge in [-0.3, -0.25) is 0 Å². The van der Waals surface area contributed by atoms with Gasteiger partial charge in [-0.1, -0.05) is 35.1 Å². The molecule has 0 fully saturated rings. The number of nitrogens with zero attached hydrogens (tertiary/aromatic N) is 1. The molecule has 2 N–H and O–H groups in total. The molecule has 0 aliphatic heterocycles. The lowest BCUT2D eigenvalue weighted by molar-refractivity contribution is 0.367. The maximum atomic E-state index is 6.18. The smallest absolute Gasteiger partial charge is 0.279 e. The van der Waals surface area contributed by atoms with Crippen LogP contribution in [0, 0.1) is 6.92 Å². The van der Waals surface area contributed by atoms with E-state index in [2.05, 4.69) is 4.98 Å². The summed E-state index contributed by atoms with van der Waals surface area (Å²) in [7, 11) is 1.61. The van der Waals surface area contributed by atoms with Crippen molar-refractivity contribution in [1.29, 1.82) is 0 Å². The molecule has 1 heterocycles. The molecule has 116 valence electrons. The van der Waals surface area contributed by atoms with E-state index >= 15 is 0 Å². The van der Waals surface area contributed by atoms with Gasteiger partial charge in [0, 0.05) is 11.1 Å². The molecule has 1 aromatic carbocycles. The molecule has 0 spiro atoms. The van der Waals surface area contributed by atoms with Crippen LogP contribution < -0.4 is 10.5 Å². The van der Waals surface area contributed by atoms with Crippen molar-refractivity contribution in [1.82, 2.24) is 4.98 Å². The summed E-state index contributed by atoms with van der Waals surface area (Å²) in [5.41, 5.74) is 7.92. The molecule has 0 unspecified atom stereocenters. The molecule has 0 radical (unpaired) electrons. The maximum Gasteiger partial charge on any atom is 0.279 e. The first-order valence-corrected chi connectivity index (χ1v) is 7.87. The summed E-state index contributed by atoms with van der Waals surface area (Å²) in [5, 5.41) is 2.83. The summed E-state index contributed by atoms with van der Waals surface area (Å²) >= 11 is 7.55. The summed E-state index contributed by atoms with van der Waals surface area (Å²) < 4.78 is 11.1. The molecule has 2 aromatic rings. The molecule has 4 nitrogen and oxygen atoms in total. The highest BCUT2D eigenvalue weighted by Gasteiger charge is 2.13. The topological polar surface area (TPSA) is 57.4 Å².